The number of hydrogen-bond acceptors (Lipinski definition) is 0. The molecule has 0 N–H and O–H groups in total. The van der Waals surface area contributed by atoms with Crippen molar-refractivity contribution < 1.29 is 21.7 Å². The SMILES string of the molecule is Cc1cccc(C)c1-c1c2cc(C(C)(C)C)ccc2[o+]c2c1ccc1ccccc12.F[B-](F)(F)F. The van der Waals surface area contributed by atoms with E-state index in [2.05, 4.69) is 107 Å². The third kappa shape index (κ3) is 5.17. The Morgan fingerprint density at radius 2 is 1.29 bits per heavy atom. The van der Waals surface area contributed by atoms with Crippen molar-refractivity contribution in [2.24, 2.45) is 0 Å². The summed E-state index contributed by atoms with van der Waals surface area (Å²) in [6.07, 6.45) is 0. The molecule has 5 aromatic rings. The Labute approximate surface area is 202 Å². The van der Waals surface area contributed by atoms with Gasteiger partial charge in [0, 0.05) is 11.6 Å². The molecule has 5 rings (SSSR count). The fourth-order valence-electron chi connectivity index (χ4n) is 4.56. The second-order valence-corrected chi connectivity index (χ2v) is 9.86. The molecule has 4 aromatic carbocycles. The minimum atomic E-state index is -6.00. The molecule has 0 bridgehead atoms. The van der Waals surface area contributed by atoms with Crippen molar-refractivity contribution in [2.75, 3.05) is 0 Å². The van der Waals surface area contributed by atoms with Gasteiger partial charge in [-0.2, -0.15) is 0 Å². The quantitative estimate of drug-likeness (QED) is 0.0767. The smallest absolute Gasteiger partial charge is 0.418 e. The van der Waals surface area contributed by atoms with Crippen LogP contribution in [-0.4, -0.2) is 7.25 Å². The molecule has 0 fully saturated rings. The highest BCUT2D eigenvalue weighted by molar-refractivity contribution is 6.50. The summed E-state index contributed by atoms with van der Waals surface area (Å²) >= 11 is 0. The fraction of sp³-hybridized carbons (Fsp3) is 0.207. The van der Waals surface area contributed by atoms with E-state index in [-0.39, 0.29) is 5.41 Å². The van der Waals surface area contributed by atoms with E-state index in [1.165, 1.54) is 44.0 Å². The molecule has 0 spiro atoms. The fourth-order valence-corrected chi connectivity index (χ4v) is 4.56. The number of hydrogen-bond donors (Lipinski definition) is 0. The molecule has 6 heteroatoms. The molecule has 0 unspecified atom stereocenters. The highest BCUT2D eigenvalue weighted by Gasteiger charge is 2.26. The third-order valence-electron chi connectivity index (χ3n) is 6.21. The zero-order chi connectivity index (χ0) is 25.5. The van der Waals surface area contributed by atoms with Gasteiger partial charge >= 0.3 is 18.4 Å². The topological polar surface area (TPSA) is 11.3 Å². The van der Waals surface area contributed by atoms with Gasteiger partial charge in [0.2, 0.25) is 0 Å². The largest absolute Gasteiger partial charge is 0.673 e. The minimum absolute atomic E-state index is 0.0740. The minimum Gasteiger partial charge on any atom is -0.418 e. The monoisotopic (exact) mass is 478 g/mol. The van der Waals surface area contributed by atoms with E-state index >= 15 is 0 Å². The Morgan fingerprint density at radius 1 is 0.657 bits per heavy atom. The van der Waals surface area contributed by atoms with Crippen LogP contribution in [0.3, 0.4) is 0 Å². The lowest BCUT2D eigenvalue weighted by atomic mass is 9.84. The lowest BCUT2D eigenvalue weighted by Gasteiger charge is -2.19. The highest BCUT2D eigenvalue weighted by Crippen LogP contribution is 2.42. The van der Waals surface area contributed by atoms with Crippen molar-refractivity contribution in [1.29, 1.82) is 0 Å². The molecule has 0 radical (unpaired) electrons. The van der Waals surface area contributed by atoms with E-state index in [0.29, 0.717) is 0 Å². The zero-order valence-corrected chi connectivity index (χ0v) is 20.4. The number of halogens is 4. The Hall–Kier alpha value is -3.41. The average molecular weight is 478 g/mol. The summed E-state index contributed by atoms with van der Waals surface area (Å²) in [7, 11) is -6.00. The molecule has 0 aliphatic rings. The molecule has 0 saturated carbocycles. The lowest BCUT2D eigenvalue weighted by molar-refractivity contribution is 0.368. The molecule has 1 aromatic heterocycles. The molecule has 0 aliphatic heterocycles. The molecule has 35 heavy (non-hydrogen) atoms. The van der Waals surface area contributed by atoms with Gasteiger partial charge in [0.05, 0.1) is 16.2 Å². The predicted molar refractivity (Wildman–Crippen MR) is 139 cm³/mol. The van der Waals surface area contributed by atoms with Crippen molar-refractivity contribution in [3.05, 3.63) is 89.5 Å². The van der Waals surface area contributed by atoms with Gasteiger partial charge in [0.1, 0.15) is 0 Å². The summed E-state index contributed by atoms with van der Waals surface area (Å²) in [6, 6.07) is 26.1. The second-order valence-electron chi connectivity index (χ2n) is 9.86. The lowest BCUT2D eigenvalue weighted by Crippen LogP contribution is -2.10. The maximum Gasteiger partial charge on any atom is 0.673 e. The van der Waals surface area contributed by atoms with E-state index in [4.69, 9.17) is 4.42 Å². The molecular weight excluding hydrogens is 451 g/mol. The van der Waals surface area contributed by atoms with Gasteiger partial charge in [0.25, 0.3) is 0 Å². The van der Waals surface area contributed by atoms with Gasteiger partial charge in [0.15, 0.2) is 0 Å². The van der Waals surface area contributed by atoms with Crippen molar-refractivity contribution >= 4 is 40.0 Å². The summed E-state index contributed by atoms with van der Waals surface area (Å²) < 4.78 is 45.6. The molecule has 0 amide bonds. The Kier molecular flexibility index (Phi) is 6.35. The van der Waals surface area contributed by atoms with Gasteiger partial charge < -0.3 is 17.3 Å². The summed E-state index contributed by atoms with van der Waals surface area (Å²) in [5.41, 5.74) is 8.45. The van der Waals surface area contributed by atoms with Crippen LogP contribution in [0.15, 0.2) is 77.2 Å². The van der Waals surface area contributed by atoms with Crippen LogP contribution < -0.4 is 0 Å². The zero-order valence-electron chi connectivity index (χ0n) is 20.4. The summed E-state index contributed by atoms with van der Waals surface area (Å²) in [5.74, 6) is 0. The van der Waals surface area contributed by atoms with Crippen molar-refractivity contribution in [3.63, 3.8) is 0 Å². The van der Waals surface area contributed by atoms with Crippen LogP contribution in [0.4, 0.5) is 17.3 Å². The average Bonchev–Trinajstić information content (AvgIpc) is 2.76. The van der Waals surface area contributed by atoms with Crippen LogP contribution in [0.1, 0.15) is 37.5 Å². The van der Waals surface area contributed by atoms with E-state index in [0.717, 1.165) is 16.6 Å². The van der Waals surface area contributed by atoms with Crippen LogP contribution in [0.5, 0.6) is 0 Å². The van der Waals surface area contributed by atoms with Crippen molar-refractivity contribution in [3.8, 4) is 11.1 Å². The van der Waals surface area contributed by atoms with E-state index < -0.39 is 7.25 Å². The number of benzene rings is 4. The van der Waals surface area contributed by atoms with Crippen LogP contribution in [0.25, 0.3) is 43.8 Å². The van der Waals surface area contributed by atoms with Crippen LogP contribution in [-0.2, 0) is 5.41 Å². The predicted octanol–water partition coefficient (Wildman–Crippen LogP) is 9.90. The number of fused-ring (bicyclic) bond motifs is 4. The maximum atomic E-state index is 9.75. The van der Waals surface area contributed by atoms with Gasteiger partial charge in [-0.05, 0) is 71.2 Å². The van der Waals surface area contributed by atoms with Gasteiger partial charge in [-0.1, -0.05) is 63.2 Å². The normalized spacial score (nSPS) is 12.1. The van der Waals surface area contributed by atoms with Gasteiger partial charge in [-0.25, -0.2) is 4.42 Å². The summed E-state index contributed by atoms with van der Waals surface area (Å²) in [6.45, 7) is 11.2. The van der Waals surface area contributed by atoms with Gasteiger partial charge in [-0.3, -0.25) is 0 Å². The molecule has 0 aliphatic carbocycles. The third-order valence-corrected chi connectivity index (χ3v) is 6.21. The Bertz CT molecular complexity index is 1520. The van der Waals surface area contributed by atoms with Crippen molar-refractivity contribution in [1.82, 2.24) is 0 Å². The van der Waals surface area contributed by atoms with Crippen LogP contribution in [0.2, 0.25) is 0 Å². The Morgan fingerprint density at radius 3 is 1.91 bits per heavy atom. The standard InChI is InChI=1S/C29H27O.BF4/c1-18-9-8-10-19(2)26(18)27-23-15-13-20-11-6-7-12-22(20)28(23)30-25-16-14-21(17-24(25)27)29(3,4)5;2-1(3,4)5/h6-17H,1-5H3;/q+1;-1. The first-order valence-electron chi connectivity index (χ1n) is 11.5. The molecule has 0 atom stereocenters. The van der Waals surface area contributed by atoms with Gasteiger partial charge in [-0.15, -0.1) is 0 Å². The summed E-state index contributed by atoms with van der Waals surface area (Å²) in [4.78, 5) is 0. The van der Waals surface area contributed by atoms with Crippen molar-refractivity contribution in [2.45, 2.75) is 40.0 Å². The van der Waals surface area contributed by atoms with Crippen LogP contribution >= 0.6 is 0 Å². The van der Waals surface area contributed by atoms with E-state index in [1.54, 1.807) is 0 Å². The molecule has 1 heterocycles. The second kappa shape index (κ2) is 8.99. The first-order chi connectivity index (χ1) is 16.3. The first kappa shape index (κ1) is 24.7. The molecule has 1 nitrogen and oxygen atoms in total. The molecular formula is C29H27BF4O. The molecule has 0 saturated heterocycles. The van der Waals surface area contributed by atoms with E-state index in [9.17, 15) is 17.3 Å². The highest BCUT2D eigenvalue weighted by atomic mass is 19.5. The Balaban J connectivity index is 0.000000527. The first-order valence-corrected chi connectivity index (χ1v) is 11.5. The molecule has 180 valence electrons. The summed E-state index contributed by atoms with van der Waals surface area (Å²) in [5, 5.41) is 4.71. The van der Waals surface area contributed by atoms with E-state index in [1.807, 2.05) is 0 Å². The maximum absolute atomic E-state index is 9.75. The number of rotatable bonds is 1. The number of aryl methyl sites for hydroxylation is 2. The van der Waals surface area contributed by atoms with Crippen LogP contribution in [0, 0.1) is 13.8 Å².